The Balaban J connectivity index is 1.12. The second-order valence-corrected chi connectivity index (χ2v) is 18.7. The van der Waals surface area contributed by atoms with Crippen molar-refractivity contribution in [2.45, 2.75) is 147 Å². The van der Waals surface area contributed by atoms with Gasteiger partial charge >= 0.3 is 5.97 Å². The first-order valence-electron chi connectivity index (χ1n) is 21.9. The van der Waals surface area contributed by atoms with Crippen LogP contribution in [0.25, 0.3) is 0 Å². The minimum Gasteiger partial charge on any atom is -0.463 e. The van der Waals surface area contributed by atoms with E-state index in [4.69, 9.17) is 9.47 Å². The van der Waals surface area contributed by atoms with E-state index in [1.54, 1.807) is 0 Å². The number of esters is 1. The number of Topliss-reactive ketones (excluding diaryl/α,β-unsaturated/α-hetero) is 2. The average Bonchev–Trinajstić information content (AvgIpc) is 3.88. The van der Waals surface area contributed by atoms with Crippen LogP contribution >= 0.6 is 0 Å². The highest BCUT2D eigenvalue weighted by Crippen LogP contribution is 2.63. The second kappa shape index (κ2) is 16.9. The van der Waals surface area contributed by atoms with Crippen LogP contribution < -0.4 is 21.3 Å². The molecule has 4 aliphatic carbocycles. The third kappa shape index (κ3) is 7.46. The molecule has 7 aliphatic rings. The number of aliphatic hydroxyl groups excluding tert-OH is 1. The second-order valence-electron chi connectivity index (χ2n) is 18.7. The number of nitrogens with one attached hydrogen (secondary N) is 4. The molecule has 0 aromatic carbocycles. The summed E-state index contributed by atoms with van der Waals surface area (Å²) in [6.07, 6.45) is 18.0. The molecule has 0 amide bonds. The maximum atomic E-state index is 15.0. The fourth-order valence-corrected chi connectivity index (χ4v) is 12.3. The molecule has 302 valence electrons. The van der Waals surface area contributed by atoms with E-state index in [-0.39, 0.29) is 49.1 Å². The highest BCUT2D eigenvalue weighted by molar-refractivity contribution is 6.23. The van der Waals surface area contributed by atoms with Gasteiger partial charge < -0.3 is 30.5 Å². The Morgan fingerprint density at radius 2 is 1.91 bits per heavy atom. The zero-order valence-corrected chi connectivity index (χ0v) is 33.8. The maximum absolute atomic E-state index is 15.0. The minimum atomic E-state index is -1.93. The van der Waals surface area contributed by atoms with Crippen molar-refractivity contribution in [3.63, 3.8) is 0 Å². The van der Waals surface area contributed by atoms with Crippen molar-refractivity contribution in [1.29, 1.82) is 0 Å². The van der Waals surface area contributed by atoms with Crippen molar-refractivity contribution in [2.75, 3.05) is 33.4 Å². The summed E-state index contributed by atoms with van der Waals surface area (Å²) in [6, 6.07) is 0.215. The van der Waals surface area contributed by atoms with Crippen molar-refractivity contribution >= 4 is 17.5 Å². The largest absolute Gasteiger partial charge is 0.463 e. The number of hydrogen-bond acceptors (Lipinski definition) is 10. The summed E-state index contributed by atoms with van der Waals surface area (Å²) in [5.41, 5.74) is -1.79. The van der Waals surface area contributed by atoms with Gasteiger partial charge in [-0.1, -0.05) is 44.9 Å². The summed E-state index contributed by atoms with van der Waals surface area (Å²) < 4.78 is 12.7. The van der Waals surface area contributed by atoms with Gasteiger partial charge in [-0.05, 0) is 145 Å². The van der Waals surface area contributed by atoms with Gasteiger partial charge in [0.25, 0.3) is 5.60 Å². The summed E-state index contributed by atoms with van der Waals surface area (Å²) in [5, 5.41) is 25.3. The lowest BCUT2D eigenvalue weighted by Gasteiger charge is -2.45. The summed E-state index contributed by atoms with van der Waals surface area (Å²) >= 11 is 0. The molecule has 13 unspecified atom stereocenters. The fraction of sp³-hybridized carbons (Fsp3) is 0.841. The molecule has 7 rings (SSSR count). The lowest BCUT2D eigenvalue weighted by molar-refractivity contribution is -0.161. The highest BCUT2D eigenvalue weighted by atomic mass is 16.7. The number of aliphatic hydroxyl groups is 1. The van der Waals surface area contributed by atoms with Gasteiger partial charge in [0.2, 0.25) is 0 Å². The zero-order valence-electron chi connectivity index (χ0n) is 33.8. The van der Waals surface area contributed by atoms with Crippen LogP contribution in [-0.4, -0.2) is 85.6 Å². The van der Waals surface area contributed by atoms with Gasteiger partial charge in [0.15, 0.2) is 17.2 Å². The van der Waals surface area contributed by atoms with Crippen molar-refractivity contribution in [2.24, 2.45) is 53.3 Å². The minimum absolute atomic E-state index is 0.0425. The van der Waals surface area contributed by atoms with E-state index in [2.05, 4.69) is 54.2 Å². The molecule has 0 bridgehead atoms. The normalized spacial score (nSPS) is 42.0. The number of fused-ring (bicyclic) bond motifs is 4. The topological polar surface area (TPSA) is 141 Å². The van der Waals surface area contributed by atoms with Crippen LogP contribution in [0.2, 0.25) is 0 Å². The number of ketones is 2. The zero-order chi connectivity index (χ0) is 38.2. The number of hydrogen-bond donors (Lipinski definition) is 5. The van der Waals surface area contributed by atoms with Crippen LogP contribution in [0, 0.1) is 53.3 Å². The standard InChI is InChI=1S/C44H70N4O6/c1-6-46-36-22-30-11-8-7-10-29(30)21-32(36)25-53-42(52)44-40(51)38-31(20-26(2)3)12-9-13-35(38)39(50)43(44,54-44)23-33(24-49)27(4)14-15-28-18-19-47-41-34(28)16-17-37(45-5)48-41/h8,11,26,28-32,34-38,41,45-49H,6-7,9-10,12-25H2,1-5H3. The van der Waals surface area contributed by atoms with Gasteiger partial charge in [-0.15, -0.1) is 0 Å². The Morgan fingerprint density at radius 3 is 2.67 bits per heavy atom. The molecule has 10 nitrogen and oxygen atoms in total. The van der Waals surface area contributed by atoms with E-state index in [9.17, 15) is 19.5 Å². The molecule has 0 spiro atoms. The first-order valence-corrected chi connectivity index (χ1v) is 21.9. The summed E-state index contributed by atoms with van der Waals surface area (Å²) in [6.45, 7) is 10.3. The molecule has 3 heterocycles. The number of rotatable bonds is 14. The Hall–Kier alpha value is -1.95. The molecule has 0 radical (unpaired) electrons. The fourth-order valence-electron chi connectivity index (χ4n) is 12.3. The molecular formula is C44H70N4O6. The molecule has 6 fully saturated rings. The van der Waals surface area contributed by atoms with Crippen molar-refractivity contribution < 1.29 is 29.0 Å². The first-order chi connectivity index (χ1) is 26.1. The van der Waals surface area contributed by atoms with Crippen LogP contribution in [0.5, 0.6) is 0 Å². The number of allylic oxidation sites excluding steroid dienone is 3. The third-order valence-electron chi connectivity index (χ3n) is 15.2. The van der Waals surface area contributed by atoms with Crippen molar-refractivity contribution in [1.82, 2.24) is 21.3 Å². The molecular weight excluding hydrogens is 681 g/mol. The maximum Gasteiger partial charge on any atom is 0.350 e. The number of carbonyl (C=O) groups is 3. The molecule has 3 aliphatic heterocycles. The van der Waals surface area contributed by atoms with Crippen molar-refractivity contribution in [3.05, 3.63) is 23.3 Å². The number of epoxide rings is 1. The van der Waals surface area contributed by atoms with Gasteiger partial charge in [-0.2, -0.15) is 0 Å². The smallest absolute Gasteiger partial charge is 0.350 e. The molecule has 54 heavy (non-hydrogen) atoms. The van der Waals surface area contributed by atoms with E-state index in [1.165, 1.54) is 0 Å². The van der Waals surface area contributed by atoms with E-state index < -0.39 is 29.0 Å². The summed E-state index contributed by atoms with van der Waals surface area (Å²) in [4.78, 5) is 44.5. The lowest BCUT2D eigenvalue weighted by atomic mass is 9.56. The van der Waals surface area contributed by atoms with E-state index in [0.29, 0.717) is 48.3 Å². The Labute approximate surface area is 324 Å². The molecule has 5 N–H and O–H groups in total. The monoisotopic (exact) mass is 751 g/mol. The van der Waals surface area contributed by atoms with Crippen LogP contribution in [0.4, 0.5) is 0 Å². The van der Waals surface area contributed by atoms with E-state index in [1.807, 2.05) is 14.0 Å². The Kier molecular flexibility index (Phi) is 12.6. The molecule has 0 aromatic heterocycles. The van der Waals surface area contributed by atoms with Gasteiger partial charge in [-0.25, -0.2) is 4.79 Å². The van der Waals surface area contributed by atoms with Crippen LogP contribution in [0.3, 0.4) is 0 Å². The SMILES string of the molecule is CCNC1CC2C=CCCC2CC1COC(=O)C12OC1(CC(CO)=C(C)CCC1CCNC3NC(NC)CCC13)C(=O)C1CCCC(CC(C)C)C1C2=O. The van der Waals surface area contributed by atoms with E-state index >= 15 is 0 Å². The highest BCUT2D eigenvalue weighted by Gasteiger charge is 2.87. The quantitative estimate of drug-likeness (QED) is 0.0697. The van der Waals surface area contributed by atoms with Gasteiger partial charge in [0, 0.05) is 30.2 Å². The molecule has 10 heteroatoms. The number of piperidine rings is 2. The van der Waals surface area contributed by atoms with Crippen LogP contribution in [-0.2, 0) is 23.9 Å². The first kappa shape index (κ1) is 40.3. The molecule has 3 saturated heterocycles. The number of carbonyl (C=O) groups excluding carboxylic acids is 3. The Bertz CT molecular complexity index is 1450. The number of ether oxygens (including phenoxy) is 2. The lowest BCUT2D eigenvalue weighted by Crippen LogP contribution is -2.62. The predicted molar refractivity (Wildman–Crippen MR) is 209 cm³/mol. The predicted octanol–water partition coefficient (Wildman–Crippen LogP) is 5.20. The van der Waals surface area contributed by atoms with Crippen LogP contribution in [0.15, 0.2) is 23.3 Å². The van der Waals surface area contributed by atoms with E-state index in [0.717, 1.165) is 101 Å². The van der Waals surface area contributed by atoms with Crippen molar-refractivity contribution in [3.8, 4) is 0 Å². The molecule has 3 saturated carbocycles. The molecule has 13 atom stereocenters. The summed E-state index contributed by atoms with van der Waals surface area (Å²) in [7, 11) is 2.00. The van der Waals surface area contributed by atoms with Gasteiger partial charge in [0.1, 0.15) is 0 Å². The Morgan fingerprint density at radius 1 is 1.07 bits per heavy atom. The third-order valence-corrected chi connectivity index (χ3v) is 15.2. The average molecular weight is 751 g/mol. The summed E-state index contributed by atoms with van der Waals surface area (Å²) in [5.74, 6) is 0.697. The van der Waals surface area contributed by atoms with Gasteiger partial charge in [-0.3, -0.25) is 14.9 Å². The van der Waals surface area contributed by atoms with Gasteiger partial charge in [0.05, 0.1) is 25.5 Å². The van der Waals surface area contributed by atoms with Crippen LogP contribution in [0.1, 0.15) is 118 Å². The molecule has 0 aromatic rings.